The zero-order valence-electron chi connectivity index (χ0n) is 14.9. The molecule has 138 valence electrons. The number of nitrogens with one attached hydrogen (secondary N) is 2. The van der Waals surface area contributed by atoms with Crippen LogP contribution in [0.1, 0.15) is 13.8 Å². The summed E-state index contributed by atoms with van der Waals surface area (Å²) in [6.45, 7) is 3.00. The van der Waals surface area contributed by atoms with Gasteiger partial charge in [0.1, 0.15) is 0 Å². The van der Waals surface area contributed by atoms with Crippen molar-refractivity contribution in [1.29, 1.82) is 0 Å². The molecule has 2 amide bonds. The molecule has 0 aromatic heterocycles. The van der Waals surface area contributed by atoms with Crippen molar-refractivity contribution in [3.63, 3.8) is 0 Å². The number of carbonyl (C=O) groups is 2. The van der Waals surface area contributed by atoms with Gasteiger partial charge in [0, 0.05) is 0 Å². The Balaban J connectivity index is 2.25. The molecular weight excluding hydrogens is 563 g/mol. The van der Waals surface area contributed by atoms with Gasteiger partial charge in [-0.05, 0) is 0 Å². The molecule has 2 aromatic rings. The number of hydrogen-bond acceptors (Lipinski definition) is 4. The predicted octanol–water partition coefficient (Wildman–Crippen LogP) is 0.895. The Kier molecular flexibility index (Phi) is 8.06. The average molecular weight is 584 g/mol. The molecule has 0 aliphatic rings. The van der Waals surface area contributed by atoms with Crippen LogP contribution in [-0.4, -0.2) is 60.1 Å². The molecule has 0 atom stereocenters. The van der Waals surface area contributed by atoms with Crippen molar-refractivity contribution in [3.8, 4) is 11.5 Å². The van der Waals surface area contributed by atoms with E-state index < -0.39 is 34.1 Å². The van der Waals surface area contributed by atoms with Crippen LogP contribution in [0, 0.1) is 0 Å². The number of methoxy groups -OCH3 is 2. The number of benzene rings is 2. The minimum atomic E-state index is -0.520. The molecular formula is C18H20N2O4Te2. The number of hydrogen-bond donors (Lipinski definition) is 2. The first-order valence-corrected chi connectivity index (χ1v) is 17.3. The van der Waals surface area contributed by atoms with Gasteiger partial charge >= 0.3 is 170 Å². The molecule has 0 fully saturated rings. The number of ether oxygens (including phenoxy) is 2. The molecule has 2 rings (SSSR count). The van der Waals surface area contributed by atoms with E-state index >= 15 is 0 Å². The van der Waals surface area contributed by atoms with Crippen LogP contribution < -0.4 is 27.3 Å². The normalized spacial score (nSPS) is 10.2. The number of anilines is 2. The van der Waals surface area contributed by atoms with Crippen molar-refractivity contribution in [2.45, 2.75) is 13.8 Å². The SMILES string of the molecule is COc1ccc([Te][Te]c2ccc(OC)cc2NC(C)=O)c(NC(C)=O)c1. The van der Waals surface area contributed by atoms with Crippen molar-refractivity contribution in [1.82, 2.24) is 0 Å². The van der Waals surface area contributed by atoms with Crippen LogP contribution in [0.5, 0.6) is 11.5 Å². The van der Waals surface area contributed by atoms with Gasteiger partial charge in [0.15, 0.2) is 0 Å². The summed E-state index contributed by atoms with van der Waals surface area (Å²) >= 11 is -1.04. The summed E-state index contributed by atoms with van der Waals surface area (Å²) in [6.07, 6.45) is 0. The van der Waals surface area contributed by atoms with Crippen LogP contribution in [0.3, 0.4) is 0 Å². The summed E-state index contributed by atoms with van der Waals surface area (Å²) in [6, 6.07) is 11.6. The third-order valence-corrected chi connectivity index (χ3v) is 15.0. The Labute approximate surface area is 169 Å². The second-order valence-corrected chi connectivity index (χ2v) is 15.1. The monoisotopic (exact) mass is 588 g/mol. The number of rotatable bonds is 7. The van der Waals surface area contributed by atoms with Gasteiger partial charge in [0.2, 0.25) is 0 Å². The molecule has 0 radical (unpaired) electrons. The van der Waals surface area contributed by atoms with E-state index in [4.69, 9.17) is 9.47 Å². The Bertz CT molecular complexity index is 744. The van der Waals surface area contributed by atoms with E-state index in [0.717, 1.165) is 11.4 Å². The number of amides is 2. The van der Waals surface area contributed by atoms with Crippen molar-refractivity contribution in [2.24, 2.45) is 0 Å². The van der Waals surface area contributed by atoms with Gasteiger partial charge in [-0.1, -0.05) is 0 Å². The van der Waals surface area contributed by atoms with Crippen LogP contribution >= 0.6 is 0 Å². The molecule has 0 saturated heterocycles. The summed E-state index contributed by atoms with van der Waals surface area (Å²) in [5.74, 6) is 1.23. The zero-order chi connectivity index (χ0) is 19.1. The van der Waals surface area contributed by atoms with Gasteiger partial charge < -0.3 is 0 Å². The molecule has 0 heterocycles. The topological polar surface area (TPSA) is 76.7 Å². The maximum absolute atomic E-state index is 11.5. The van der Waals surface area contributed by atoms with Gasteiger partial charge in [0.05, 0.1) is 0 Å². The van der Waals surface area contributed by atoms with Crippen molar-refractivity contribution in [3.05, 3.63) is 36.4 Å². The summed E-state index contributed by atoms with van der Waals surface area (Å²) in [5.41, 5.74) is 1.64. The Morgan fingerprint density at radius 2 is 1.15 bits per heavy atom. The van der Waals surface area contributed by atoms with E-state index in [2.05, 4.69) is 10.6 Å². The molecule has 0 spiro atoms. The summed E-state index contributed by atoms with van der Waals surface area (Å²) in [5, 5.41) is 5.79. The fraction of sp³-hybridized carbons (Fsp3) is 0.222. The van der Waals surface area contributed by atoms with Gasteiger partial charge in [-0.25, -0.2) is 0 Å². The first-order valence-electron chi connectivity index (χ1n) is 7.68. The summed E-state index contributed by atoms with van der Waals surface area (Å²) in [7, 11) is 3.21. The van der Waals surface area contributed by atoms with Gasteiger partial charge in [-0.15, -0.1) is 0 Å². The van der Waals surface area contributed by atoms with Crippen LogP contribution in [-0.2, 0) is 9.59 Å². The average Bonchev–Trinajstić information content (AvgIpc) is 2.60. The predicted molar refractivity (Wildman–Crippen MR) is 105 cm³/mol. The fourth-order valence-electron chi connectivity index (χ4n) is 2.08. The van der Waals surface area contributed by atoms with E-state index in [0.29, 0.717) is 11.5 Å². The maximum atomic E-state index is 11.5. The summed E-state index contributed by atoms with van der Waals surface area (Å²) < 4.78 is 12.9. The van der Waals surface area contributed by atoms with Gasteiger partial charge in [0.25, 0.3) is 0 Å². The Hall–Kier alpha value is -1.44. The van der Waals surface area contributed by atoms with Crippen molar-refractivity contribution < 1.29 is 19.1 Å². The first kappa shape index (κ1) is 20.9. The van der Waals surface area contributed by atoms with Crippen LogP contribution in [0.2, 0.25) is 0 Å². The first-order chi connectivity index (χ1) is 12.4. The zero-order valence-corrected chi connectivity index (χ0v) is 19.6. The van der Waals surface area contributed by atoms with Crippen molar-refractivity contribution >= 4 is 64.5 Å². The molecule has 8 heteroatoms. The Morgan fingerprint density at radius 1 is 0.769 bits per heavy atom. The van der Waals surface area contributed by atoms with Crippen LogP contribution in [0.4, 0.5) is 11.4 Å². The molecule has 0 bridgehead atoms. The third-order valence-electron chi connectivity index (χ3n) is 3.22. The van der Waals surface area contributed by atoms with E-state index in [-0.39, 0.29) is 11.8 Å². The molecule has 0 unspecified atom stereocenters. The molecule has 0 saturated carbocycles. The van der Waals surface area contributed by atoms with Crippen LogP contribution in [0.25, 0.3) is 0 Å². The van der Waals surface area contributed by atoms with E-state index in [9.17, 15) is 9.59 Å². The molecule has 26 heavy (non-hydrogen) atoms. The minimum absolute atomic E-state index is 0.101. The molecule has 2 N–H and O–H groups in total. The Morgan fingerprint density at radius 3 is 1.46 bits per heavy atom. The van der Waals surface area contributed by atoms with E-state index in [1.54, 1.807) is 14.2 Å². The quantitative estimate of drug-likeness (QED) is 0.476. The summed E-state index contributed by atoms with van der Waals surface area (Å²) in [4.78, 5) is 23.0. The molecule has 6 nitrogen and oxygen atoms in total. The van der Waals surface area contributed by atoms with Gasteiger partial charge in [-0.3, -0.25) is 0 Å². The van der Waals surface area contributed by atoms with Gasteiger partial charge in [-0.2, -0.15) is 0 Å². The second kappa shape index (κ2) is 10.0. The molecule has 0 aliphatic heterocycles. The second-order valence-electron chi connectivity index (χ2n) is 5.25. The third kappa shape index (κ3) is 6.07. The van der Waals surface area contributed by atoms with Crippen LogP contribution in [0.15, 0.2) is 36.4 Å². The van der Waals surface area contributed by atoms with Crippen molar-refractivity contribution in [2.75, 3.05) is 24.9 Å². The standard InChI is InChI=1S/C18H20N2O4Te2/c1-11(21)19-15-9-13(23-3)5-7-17(15)25-26-18-8-6-14(24-4)10-16(18)20-12(2)22/h5-10H,1-4H3,(H,19,21)(H,20,22). The molecule has 0 aliphatic carbocycles. The fourth-order valence-corrected chi connectivity index (χ4v) is 13.4. The van der Waals surface area contributed by atoms with E-state index in [1.165, 1.54) is 21.1 Å². The van der Waals surface area contributed by atoms with E-state index in [1.807, 2.05) is 36.4 Å². The number of carbonyl (C=O) groups excluding carboxylic acids is 2. The molecule has 2 aromatic carbocycles.